The molecule has 5 nitrogen and oxygen atoms in total. The van der Waals surface area contributed by atoms with Crippen molar-refractivity contribution in [2.45, 2.75) is 12.6 Å². The molecule has 0 aliphatic carbocycles. The van der Waals surface area contributed by atoms with Gasteiger partial charge in [0.05, 0.1) is 35.6 Å². The Bertz CT molecular complexity index is 573. The molecule has 108 valence electrons. The fraction of sp³-hybridized carbons (Fsp3) is 0.308. The minimum atomic E-state index is -0.152. The lowest BCUT2D eigenvalue weighted by molar-refractivity contribution is 0.182. The van der Waals surface area contributed by atoms with Crippen LogP contribution in [0.15, 0.2) is 39.4 Å². The maximum absolute atomic E-state index is 5.75. The molecule has 0 amide bonds. The van der Waals surface area contributed by atoms with Crippen molar-refractivity contribution >= 4 is 31.9 Å². The highest BCUT2D eigenvalue weighted by Gasteiger charge is 2.21. The van der Waals surface area contributed by atoms with Gasteiger partial charge in [-0.2, -0.15) is 5.10 Å². The molecule has 0 fully saturated rings. The molecule has 1 heterocycles. The van der Waals surface area contributed by atoms with E-state index in [0.717, 1.165) is 20.2 Å². The van der Waals surface area contributed by atoms with Crippen LogP contribution in [0.25, 0.3) is 0 Å². The molecule has 0 aliphatic heterocycles. The Morgan fingerprint density at radius 3 is 2.90 bits per heavy atom. The Labute approximate surface area is 134 Å². The predicted octanol–water partition coefficient (Wildman–Crippen LogP) is 2.61. The van der Waals surface area contributed by atoms with Crippen molar-refractivity contribution in [1.29, 1.82) is 0 Å². The van der Waals surface area contributed by atoms with E-state index in [0.29, 0.717) is 13.2 Å². The number of nitrogens with zero attached hydrogens (tertiary/aromatic N) is 2. The van der Waals surface area contributed by atoms with E-state index in [9.17, 15) is 0 Å². The topological polar surface area (TPSA) is 65.1 Å². The molecule has 0 saturated heterocycles. The van der Waals surface area contributed by atoms with Crippen LogP contribution in [0.4, 0.5) is 0 Å². The quantitative estimate of drug-likeness (QED) is 0.574. The molecule has 2 rings (SSSR count). The summed E-state index contributed by atoms with van der Waals surface area (Å²) in [4.78, 5) is 0. The molecule has 1 aromatic carbocycles. The Morgan fingerprint density at radius 2 is 2.25 bits per heavy atom. The summed E-state index contributed by atoms with van der Waals surface area (Å²) in [5, 5.41) is 4.35. The second kappa shape index (κ2) is 7.33. The van der Waals surface area contributed by atoms with Gasteiger partial charge in [-0.05, 0) is 33.6 Å². The van der Waals surface area contributed by atoms with Crippen LogP contribution in [-0.2, 0) is 11.3 Å². The zero-order chi connectivity index (χ0) is 14.5. The molecule has 1 unspecified atom stereocenters. The highest BCUT2D eigenvalue weighted by molar-refractivity contribution is 9.10. The second-order valence-electron chi connectivity index (χ2n) is 4.25. The minimum Gasteiger partial charge on any atom is -0.383 e. The molecule has 2 aromatic rings. The third-order valence-electron chi connectivity index (χ3n) is 2.96. The maximum atomic E-state index is 5.75. The van der Waals surface area contributed by atoms with Crippen molar-refractivity contribution in [3.63, 3.8) is 0 Å². The van der Waals surface area contributed by atoms with E-state index < -0.39 is 0 Å². The van der Waals surface area contributed by atoms with Crippen LogP contribution in [0, 0.1) is 0 Å². The molecule has 0 aliphatic rings. The molecular weight excluding hydrogens is 388 g/mol. The highest BCUT2D eigenvalue weighted by atomic mass is 79.9. The summed E-state index contributed by atoms with van der Waals surface area (Å²) in [6, 6.07) is 7.86. The lowest BCUT2D eigenvalue weighted by Crippen LogP contribution is -2.31. The van der Waals surface area contributed by atoms with E-state index in [1.54, 1.807) is 13.3 Å². The van der Waals surface area contributed by atoms with Crippen molar-refractivity contribution in [2.24, 2.45) is 5.84 Å². The molecule has 7 heteroatoms. The first-order valence-corrected chi connectivity index (χ1v) is 7.67. The van der Waals surface area contributed by atoms with Gasteiger partial charge in [0.2, 0.25) is 0 Å². The highest BCUT2D eigenvalue weighted by Crippen LogP contribution is 2.29. The summed E-state index contributed by atoms with van der Waals surface area (Å²) in [5.41, 5.74) is 4.88. The number of hydrazine groups is 1. The number of benzene rings is 1. The number of nitrogens with two attached hydrogens (primary N) is 1. The standard InChI is InChI=1S/C13H16Br2N4O/c1-20-6-5-19-13(11(15)8-17-19)12(18-16)9-3-2-4-10(14)7-9/h2-4,7-8,12,18H,5-6,16H2,1H3. The number of nitrogens with one attached hydrogen (secondary N) is 1. The number of hydrogen-bond donors (Lipinski definition) is 2. The third-order valence-corrected chi connectivity index (χ3v) is 4.07. The van der Waals surface area contributed by atoms with Crippen molar-refractivity contribution in [2.75, 3.05) is 13.7 Å². The van der Waals surface area contributed by atoms with E-state index in [-0.39, 0.29) is 6.04 Å². The van der Waals surface area contributed by atoms with E-state index in [1.165, 1.54) is 0 Å². The molecule has 20 heavy (non-hydrogen) atoms. The Balaban J connectivity index is 2.38. The first-order chi connectivity index (χ1) is 9.67. The first kappa shape index (κ1) is 15.7. The normalized spacial score (nSPS) is 12.6. The number of halogens is 2. The number of ether oxygens (including phenoxy) is 1. The Kier molecular flexibility index (Phi) is 5.74. The zero-order valence-corrected chi connectivity index (χ0v) is 14.2. The molecule has 0 bridgehead atoms. The molecule has 0 spiro atoms. The predicted molar refractivity (Wildman–Crippen MR) is 85.1 cm³/mol. The zero-order valence-electron chi connectivity index (χ0n) is 11.0. The number of rotatable bonds is 6. The van der Waals surface area contributed by atoms with Crippen LogP contribution >= 0.6 is 31.9 Å². The van der Waals surface area contributed by atoms with Gasteiger partial charge in [0.15, 0.2) is 0 Å². The summed E-state index contributed by atoms with van der Waals surface area (Å²) in [7, 11) is 1.67. The number of aromatic nitrogens is 2. The van der Waals surface area contributed by atoms with E-state index in [2.05, 4.69) is 42.4 Å². The summed E-state index contributed by atoms with van der Waals surface area (Å²) in [6.07, 6.45) is 1.77. The summed E-state index contributed by atoms with van der Waals surface area (Å²) >= 11 is 7.01. The Morgan fingerprint density at radius 1 is 1.45 bits per heavy atom. The van der Waals surface area contributed by atoms with Crippen molar-refractivity contribution < 1.29 is 4.74 Å². The van der Waals surface area contributed by atoms with Crippen LogP contribution in [0.1, 0.15) is 17.3 Å². The third kappa shape index (κ3) is 3.48. The van der Waals surface area contributed by atoms with E-state index >= 15 is 0 Å². The lowest BCUT2D eigenvalue weighted by Gasteiger charge is -2.19. The van der Waals surface area contributed by atoms with E-state index in [1.807, 2.05) is 28.9 Å². The molecular formula is C13H16Br2N4O. The van der Waals surface area contributed by atoms with Gasteiger partial charge in [-0.15, -0.1) is 0 Å². The summed E-state index contributed by atoms with van der Waals surface area (Å²) in [6.45, 7) is 1.26. The lowest BCUT2D eigenvalue weighted by atomic mass is 10.0. The number of hydrogen-bond acceptors (Lipinski definition) is 4. The SMILES string of the molecule is COCCn1ncc(Br)c1C(NN)c1cccc(Br)c1. The van der Waals surface area contributed by atoms with Gasteiger partial charge in [0, 0.05) is 11.6 Å². The van der Waals surface area contributed by atoms with Crippen LogP contribution in [0.2, 0.25) is 0 Å². The average molecular weight is 404 g/mol. The second-order valence-corrected chi connectivity index (χ2v) is 6.02. The average Bonchev–Trinajstić information content (AvgIpc) is 2.79. The van der Waals surface area contributed by atoms with E-state index in [4.69, 9.17) is 10.6 Å². The summed E-state index contributed by atoms with van der Waals surface area (Å²) in [5.74, 6) is 5.75. The fourth-order valence-electron chi connectivity index (χ4n) is 2.03. The van der Waals surface area contributed by atoms with Crippen molar-refractivity contribution in [3.05, 3.63) is 50.7 Å². The van der Waals surface area contributed by atoms with Gasteiger partial charge in [0.25, 0.3) is 0 Å². The summed E-state index contributed by atoms with van der Waals surface area (Å²) < 4.78 is 8.92. The Hall–Kier alpha value is -0.730. The molecule has 0 saturated carbocycles. The monoisotopic (exact) mass is 402 g/mol. The van der Waals surface area contributed by atoms with Crippen molar-refractivity contribution in [1.82, 2.24) is 15.2 Å². The van der Waals surface area contributed by atoms with Crippen LogP contribution in [-0.4, -0.2) is 23.5 Å². The minimum absolute atomic E-state index is 0.152. The van der Waals surface area contributed by atoms with Gasteiger partial charge in [0.1, 0.15) is 0 Å². The van der Waals surface area contributed by atoms with Crippen LogP contribution in [0.3, 0.4) is 0 Å². The molecule has 3 N–H and O–H groups in total. The fourth-order valence-corrected chi connectivity index (χ4v) is 2.98. The smallest absolute Gasteiger partial charge is 0.0890 e. The van der Waals surface area contributed by atoms with Gasteiger partial charge < -0.3 is 4.74 Å². The molecule has 1 atom stereocenters. The van der Waals surface area contributed by atoms with Gasteiger partial charge in [-0.1, -0.05) is 28.1 Å². The van der Waals surface area contributed by atoms with Crippen molar-refractivity contribution in [3.8, 4) is 0 Å². The van der Waals surface area contributed by atoms with Gasteiger partial charge in [-0.25, -0.2) is 5.43 Å². The van der Waals surface area contributed by atoms with Crippen LogP contribution < -0.4 is 11.3 Å². The number of methoxy groups -OCH3 is 1. The maximum Gasteiger partial charge on any atom is 0.0890 e. The molecule has 0 radical (unpaired) electrons. The van der Waals surface area contributed by atoms with Crippen LogP contribution in [0.5, 0.6) is 0 Å². The van der Waals surface area contributed by atoms with Gasteiger partial charge >= 0.3 is 0 Å². The van der Waals surface area contributed by atoms with Gasteiger partial charge in [-0.3, -0.25) is 10.5 Å². The first-order valence-electron chi connectivity index (χ1n) is 6.09. The largest absolute Gasteiger partial charge is 0.383 e. The molecule has 1 aromatic heterocycles.